The van der Waals surface area contributed by atoms with Crippen molar-refractivity contribution in [1.82, 2.24) is 14.8 Å². The summed E-state index contributed by atoms with van der Waals surface area (Å²) in [6, 6.07) is -0.215. The third-order valence-corrected chi connectivity index (χ3v) is 3.95. The van der Waals surface area contributed by atoms with E-state index in [1.807, 2.05) is 6.92 Å². The molecule has 1 unspecified atom stereocenters. The fraction of sp³-hybridized carbons (Fsp3) is 0.778. The number of hydrogen-bond acceptors (Lipinski definition) is 4. The number of halogens is 1. The van der Waals surface area contributed by atoms with Crippen LogP contribution in [-0.4, -0.2) is 35.2 Å². The Labute approximate surface area is 99.7 Å². The van der Waals surface area contributed by atoms with Crippen LogP contribution in [0.15, 0.2) is 0 Å². The van der Waals surface area contributed by atoms with Crippen molar-refractivity contribution in [2.45, 2.75) is 31.7 Å². The first kappa shape index (κ1) is 11.9. The maximum atomic E-state index is 11.2. The highest BCUT2D eigenvalue weighted by Gasteiger charge is 2.32. The van der Waals surface area contributed by atoms with E-state index < -0.39 is 9.84 Å². The van der Waals surface area contributed by atoms with Gasteiger partial charge in [-0.1, -0.05) is 0 Å². The summed E-state index contributed by atoms with van der Waals surface area (Å²) in [5.41, 5.74) is 0. The molecule has 90 valence electrons. The van der Waals surface area contributed by atoms with Crippen LogP contribution in [0.4, 0.5) is 0 Å². The molecule has 1 aromatic heterocycles. The Balaban J connectivity index is 2.28. The topological polar surface area (TPSA) is 64.8 Å². The molecular weight excluding hydrogens is 250 g/mol. The SMILES string of the molecule is CC(CS(C)(=O)=O)n1c(Cl)nnc1C1CC1. The van der Waals surface area contributed by atoms with Crippen molar-refractivity contribution in [2.24, 2.45) is 0 Å². The summed E-state index contributed by atoms with van der Waals surface area (Å²) < 4.78 is 24.2. The van der Waals surface area contributed by atoms with Gasteiger partial charge in [0.25, 0.3) is 0 Å². The van der Waals surface area contributed by atoms with Gasteiger partial charge in [0.1, 0.15) is 15.7 Å². The Morgan fingerprint density at radius 3 is 2.62 bits per heavy atom. The van der Waals surface area contributed by atoms with E-state index in [1.165, 1.54) is 6.26 Å². The first-order chi connectivity index (χ1) is 7.38. The van der Waals surface area contributed by atoms with Crippen LogP contribution in [0.2, 0.25) is 5.28 Å². The van der Waals surface area contributed by atoms with Gasteiger partial charge < -0.3 is 0 Å². The molecule has 5 nitrogen and oxygen atoms in total. The quantitative estimate of drug-likeness (QED) is 0.824. The molecule has 1 fully saturated rings. The van der Waals surface area contributed by atoms with Crippen LogP contribution >= 0.6 is 11.6 Å². The molecule has 0 spiro atoms. The highest BCUT2D eigenvalue weighted by molar-refractivity contribution is 7.90. The van der Waals surface area contributed by atoms with E-state index >= 15 is 0 Å². The minimum atomic E-state index is -3.02. The molecule has 0 saturated heterocycles. The second kappa shape index (κ2) is 4.00. The summed E-state index contributed by atoms with van der Waals surface area (Å²) in [6.45, 7) is 1.82. The lowest BCUT2D eigenvalue weighted by Gasteiger charge is -2.15. The summed E-state index contributed by atoms with van der Waals surface area (Å²) in [5.74, 6) is 1.29. The van der Waals surface area contributed by atoms with Gasteiger partial charge in [-0.25, -0.2) is 8.42 Å². The van der Waals surface area contributed by atoms with Crippen molar-refractivity contribution < 1.29 is 8.42 Å². The van der Waals surface area contributed by atoms with E-state index in [0.717, 1.165) is 18.7 Å². The third-order valence-electron chi connectivity index (χ3n) is 2.61. The van der Waals surface area contributed by atoms with Crippen molar-refractivity contribution in [2.75, 3.05) is 12.0 Å². The van der Waals surface area contributed by atoms with Crippen molar-refractivity contribution in [1.29, 1.82) is 0 Å². The van der Waals surface area contributed by atoms with Crippen molar-refractivity contribution in [3.05, 3.63) is 11.1 Å². The van der Waals surface area contributed by atoms with Gasteiger partial charge in [0.15, 0.2) is 0 Å². The van der Waals surface area contributed by atoms with Crippen LogP contribution in [-0.2, 0) is 9.84 Å². The summed E-state index contributed by atoms with van der Waals surface area (Å²) in [5, 5.41) is 8.10. The molecule has 2 rings (SSSR count). The lowest BCUT2D eigenvalue weighted by atomic mass is 10.3. The van der Waals surface area contributed by atoms with E-state index in [0.29, 0.717) is 5.92 Å². The second-order valence-electron chi connectivity index (χ2n) is 4.41. The summed E-state index contributed by atoms with van der Waals surface area (Å²) in [6.07, 6.45) is 3.39. The zero-order chi connectivity index (χ0) is 11.9. The minimum absolute atomic E-state index is 0.0600. The fourth-order valence-electron chi connectivity index (χ4n) is 1.82. The Bertz CT molecular complexity index is 493. The van der Waals surface area contributed by atoms with Gasteiger partial charge in [-0.15, -0.1) is 10.2 Å². The average molecular weight is 264 g/mol. The fourth-order valence-corrected chi connectivity index (χ4v) is 3.14. The zero-order valence-corrected chi connectivity index (χ0v) is 10.8. The number of hydrogen-bond donors (Lipinski definition) is 0. The number of aromatic nitrogens is 3. The normalized spacial score (nSPS) is 18.7. The molecule has 1 heterocycles. The first-order valence-corrected chi connectivity index (χ1v) is 7.60. The molecule has 0 bridgehead atoms. The zero-order valence-electron chi connectivity index (χ0n) is 9.22. The van der Waals surface area contributed by atoms with Crippen LogP contribution in [0.3, 0.4) is 0 Å². The largest absolute Gasteiger partial charge is 0.298 e. The first-order valence-electron chi connectivity index (χ1n) is 5.16. The molecule has 1 aliphatic carbocycles. The molecule has 1 atom stereocenters. The lowest BCUT2D eigenvalue weighted by molar-refractivity contribution is 0.546. The van der Waals surface area contributed by atoms with E-state index in [2.05, 4.69) is 10.2 Å². The maximum absolute atomic E-state index is 11.2. The van der Waals surface area contributed by atoms with Crippen molar-refractivity contribution >= 4 is 21.4 Å². The standard InChI is InChI=1S/C9H14ClN3O2S/c1-6(5-16(2,14)15)13-8(7-3-4-7)11-12-9(13)10/h6-7H,3-5H2,1-2H3. The molecule has 0 aliphatic heterocycles. The van der Waals surface area contributed by atoms with E-state index in [9.17, 15) is 8.42 Å². The number of rotatable bonds is 4. The summed E-state index contributed by atoms with van der Waals surface area (Å²) in [4.78, 5) is 0. The van der Waals surface area contributed by atoms with E-state index in [4.69, 9.17) is 11.6 Å². The Kier molecular flexibility index (Phi) is 2.96. The second-order valence-corrected chi connectivity index (χ2v) is 6.94. The molecule has 0 N–H and O–H groups in total. The molecule has 1 aliphatic rings. The highest BCUT2D eigenvalue weighted by atomic mass is 35.5. The predicted molar refractivity (Wildman–Crippen MR) is 61.4 cm³/mol. The van der Waals surface area contributed by atoms with Crippen molar-refractivity contribution in [3.63, 3.8) is 0 Å². The van der Waals surface area contributed by atoms with Crippen LogP contribution in [0.1, 0.15) is 37.5 Å². The summed E-state index contributed by atoms with van der Waals surface area (Å²) in [7, 11) is -3.02. The van der Waals surface area contributed by atoms with Gasteiger partial charge in [-0.2, -0.15) is 0 Å². The Morgan fingerprint density at radius 2 is 2.12 bits per heavy atom. The Morgan fingerprint density at radius 1 is 1.50 bits per heavy atom. The van der Waals surface area contributed by atoms with Crippen LogP contribution in [0.5, 0.6) is 0 Å². The lowest BCUT2D eigenvalue weighted by Crippen LogP contribution is -2.18. The van der Waals surface area contributed by atoms with Gasteiger partial charge in [0.2, 0.25) is 5.28 Å². The third kappa shape index (κ3) is 2.55. The molecule has 0 radical (unpaired) electrons. The van der Waals surface area contributed by atoms with Gasteiger partial charge >= 0.3 is 0 Å². The monoisotopic (exact) mass is 263 g/mol. The Hall–Kier alpha value is -0.620. The average Bonchev–Trinajstić information content (AvgIpc) is 2.87. The maximum Gasteiger partial charge on any atom is 0.225 e. The van der Waals surface area contributed by atoms with Gasteiger partial charge in [-0.3, -0.25) is 4.57 Å². The highest BCUT2D eigenvalue weighted by Crippen LogP contribution is 2.40. The molecule has 1 saturated carbocycles. The van der Waals surface area contributed by atoms with Crippen LogP contribution < -0.4 is 0 Å². The smallest absolute Gasteiger partial charge is 0.225 e. The van der Waals surface area contributed by atoms with E-state index in [-0.39, 0.29) is 17.1 Å². The summed E-state index contributed by atoms with van der Waals surface area (Å²) >= 11 is 5.94. The number of nitrogens with zero attached hydrogens (tertiary/aromatic N) is 3. The molecule has 16 heavy (non-hydrogen) atoms. The molecule has 7 heteroatoms. The van der Waals surface area contributed by atoms with Gasteiger partial charge in [0.05, 0.1) is 5.75 Å². The molecule has 1 aromatic rings. The van der Waals surface area contributed by atoms with Crippen LogP contribution in [0, 0.1) is 0 Å². The van der Waals surface area contributed by atoms with Crippen LogP contribution in [0.25, 0.3) is 0 Å². The molecule has 0 aromatic carbocycles. The van der Waals surface area contributed by atoms with Crippen molar-refractivity contribution in [3.8, 4) is 0 Å². The number of sulfone groups is 1. The predicted octanol–water partition coefficient (Wildman–Crippen LogP) is 1.41. The van der Waals surface area contributed by atoms with Gasteiger partial charge in [0, 0.05) is 18.2 Å². The van der Waals surface area contributed by atoms with E-state index in [1.54, 1.807) is 4.57 Å². The van der Waals surface area contributed by atoms with Gasteiger partial charge in [-0.05, 0) is 31.4 Å². The molecule has 0 amide bonds. The molecular formula is C9H14ClN3O2S. The minimum Gasteiger partial charge on any atom is -0.298 e.